The van der Waals surface area contributed by atoms with E-state index in [4.69, 9.17) is 0 Å². The van der Waals surface area contributed by atoms with Gasteiger partial charge in [0.25, 0.3) is 0 Å². The Bertz CT molecular complexity index is 701. The molecule has 0 heterocycles. The van der Waals surface area contributed by atoms with Gasteiger partial charge in [0.15, 0.2) is 0 Å². The summed E-state index contributed by atoms with van der Waals surface area (Å²) in [5, 5.41) is 8.83. The minimum atomic E-state index is -0.118. The van der Waals surface area contributed by atoms with Crippen molar-refractivity contribution in [1.29, 1.82) is 0 Å². The van der Waals surface area contributed by atoms with Gasteiger partial charge in [-0.3, -0.25) is 9.59 Å². The van der Waals surface area contributed by atoms with Crippen LogP contribution >= 0.6 is 0 Å². The maximum Gasteiger partial charge on any atom is 0.238 e. The average molecular weight is 353 g/mol. The molecule has 0 atom stereocenters. The van der Waals surface area contributed by atoms with Gasteiger partial charge in [0, 0.05) is 24.3 Å². The Morgan fingerprint density at radius 3 is 2.23 bits per heavy atom. The summed E-state index contributed by atoms with van der Waals surface area (Å²) in [5.41, 5.74) is 2.50. The van der Waals surface area contributed by atoms with Gasteiger partial charge in [-0.2, -0.15) is 0 Å². The molecule has 0 radical (unpaired) electrons. The number of nitrogens with one attached hydrogen (secondary N) is 3. The molecule has 5 heteroatoms. The fourth-order valence-corrected chi connectivity index (χ4v) is 2.56. The summed E-state index contributed by atoms with van der Waals surface area (Å²) in [6.45, 7) is 2.98. The molecule has 0 aliphatic heterocycles. The van der Waals surface area contributed by atoms with Gasteiger partial charge in [0.05, 0.1) is 6.54 Å². The van der Waals surface area contributed by atoms with Crippen molar-refractivity contribution in [2.45, 2.75) is 39.2 Å². The minimum absolute atomic E-state index is 0.00598. The van der Waals surface area contributed by atoms with E-state index < -0.39 is 0 Å². The van der Waals surface area contributed by atoms with Gasteiger partial charge in [-0.1, -0.05) is 56.2 Å². The van der Waals surface area contributed by atoms with Crippen LogP contribution in [0.1, 0.15) is 38.2 Å². The lowest BCUT2D eigenvalue weighted by molar-refractivity contribution is -0.116. The van der Waals surface area contributed by atoms with Crippen molar-refractivity contribution in [2.75, 3.05) is 17.2 Å². The maximum absolute atomic E-state index is 12.0. The van der Waals surface area contributed by atoms with Crippen molar-refractivity contribution in [3.8, 4) is 0 Å². The molecule has 0 fully saturated rings. The van der Waals surface area contributed by atoms with E-state index in [0.717, 1.165) is 24.8 Å². The van der Waals surface area contributed by atoms with Crippen molar-refractivity contribution in [2.24, 2.45) is 0 Å². The predicted molar refractivity (Wildman–Crippen MR) is 106 cm³/mol. The molecule has 0 aliphatic carbocycles. The number of hydrogen-bond acceptors (Lipinski definition) is 3. The van der Waals surface area contributed by atoms with Crippen LogP contribution in [0.4, 0.5) is 11.4 Å². The number of hydrogen-bond donors (Lipinski definition) is 3. The third-order valence-electron chi connectivity index (χ3n) is 3.89. The molecule has 0 saturated carbocycles. The molecule has 3 N–H and O–H groups in total. The minimum Gasteiger partial charge on any atom is -0.326 e. The van der Waals surface area contributed by atoms with E-state index in [1.54, 1.807) is 6.07 Å². The zero-order valence-electron chi connectivity index (χ0n) is 15.3. The standard InChI is InChI=1S/C21H27N3O2/c1-2-3-5-13-20(25)23-18-11-8-12-19(14-18)24-21(26)16-22-15-17-9-6-4-7-10-17/h4,6-12,14,22H,2-3,5,13,15-16H2,1H3,(H,23,25)(H,24,26). The Labute approximate surface area is 155 Å². The highest BCUT2D eigenvalue weighted by Crippen LogP contribution is 2.15. The van der Waals surface area contributed by atoms with Crippen LogP contribution in [0.3, 0.4) is 0 Å². The summed E-state index contributed by atoms with van der Waals surface area (Å²) in [6, 6.07) is 17.1. The van der Waals surface area contributed by atoms with E-state index >= 15 is 0 Å². The molecule has 2 rings (SSSR count). The lowest BCUT2D eigenvalue weighted by Crippen LogP contribution is -2.27. The number of unbranched alkanes of at least 4 members (excludes halogenated alkanes) is 2. The molecular weight excluding hydrogens is 326 g/mol. The molecule has 0 unspecified atom stereocenters. The van der Waals surface area contributed by atoms with Crippen molar-refractivity contribution >= 4 is 23.2 Å². The summed E-state index contributed by atoms with van der Waals surface area (Å²) in [5.74, 6) is -0.112. The fourth-order valence-electron chi connectivity index (χ4n) is 2.56. The fraction of sp³-hybridized carbons (Fsp3) is 0.333. The van der Waals surface area contributed by atoms with E-state index in [1.165, 1.54) is 0 Å². The molecular formula is C21H27N3O2. The van der Waals surface area contributed by atoms with Crippen molar-refractivity contribution in [3.05, 3.63) is 60.2 Å². The molecule has 0 aromatic heterocycles. The third-order valence-corrected chi connectivity index (χ3v) is 3.89. The van der Waals surface area contributed by atoms with Gasteiger partial charge in [-0.25, -0.2) is 0 Å². The molecule has 5 nitrogen and oxygen atoms in total. The molecule has 0 aliphatic rings. The summed E-state index contributed by atoms with van der Waals surface area (Å²) in [4.78, 5) is 23.9. The second-order valence-electron chi connectivity index (χ2n) is 6.22. The normalized spacial score (nSPS) is 10.3. The first-order valence-electron chi connectivity index (χ1n) is 9.12. The smallest absolute Gasteiger partial charge is 0.238 e. The number of carbonyl (C=O) groups excluding carboxylic acids is 2. The topological polar surface area (TPSA) is 70.2 Å². The second kappa shape index (κ2) is 11.1. The summed E-state index contributed by atoms with van der Waals surface area (Å²) >= 11 is 0. The Balaban J connectivity index is 1.76. The molecule has 26 heavy (non-hydrogen) atoms. The second-order valence-corrected chi connectivity index (χ2v) is 6.22. The zero-order chi connectivity index (χ0) is 18.6. The van der Waals surface area contributed by atoms with Crippen LogP contribution in [0.15, 0.2) is 54.6 Å². The molecule has 0 bridgehead atoms. The first kappa shape index (κ1) is 19.7. The van der Waals surface area contributed by atoms with Crippen LogP contribution in [0.5, 0.6) is 0 Å². The third kappa shape index (κ3) is 7.49. The van der Waals surface area contributed by atoms with Crippen LogP contribution in [0, 0.1) is 0 Å². The largest absolute Gasteiger partial charge is 0.326 e. The Kier molecular flexibility index (Phi) is 8.36. The van der Waals surface area contributed by atoms with Crippen LogP contribution in [-0.2, 0) is 16.1 Å². The molecule has 2 aromatic carbocycles. The van der Waals surface area contributed by atoms with Gasteiger partial charge in [-0.15, -0.1) is 0 Å². The van der Waals surface area contributed by atoms with Crippen LogP contribution < -0.4 is 16.0 Å². The van der Waals surface area contributed by atoms with Crippen LogP contribution in [0.2, 0.25) is 0 Å². The van der Waals surface area contributed by atoms with E-state index in [0.29, 0.717) is 24.3 Å². The van der Waals surface area contributed by atoms with Gasteiger partial charge in [0.2, 0.25) is 11.8 Å². The molecule has 0 saturated heterocycles. The quantitative estimate of drug-likeness (QED) is 0.567. The lowest BCUT2D eigenvalue weighted by Gasteiger charge is -2.09. The van der Waals surface area contributed by atoms with E-state index in [2.05, 4.69) is 22.9 Å². The van der Waals surface area contributed by atoms with Crippen molar-refractivity contribution < 1.29 is 9.59 Å². The monoisotopic (exact) mass is 353 g/mol. The lowest BCUT2D eigenvalue weighted by atomic mass is 10.2. The van der Waals surface area contributed by atoms with Crippen molar-refractivity contribution in [1.82, 2.24) is 5.32 Å². The first-order valence-corrected chi connectivity index (χ1v) is 9.12. The summed E-state index contributed by atoms with van der Waals surface area (Å²) < 4.78 is 0. The Morgan fingerprint density at radius 2 is 1.54 bits per heavy atom. The van der Waals surface area contributed by atoms with Gasteiger partial charge in [-0.05, 0) is 30.2 Å². The van der Waals surface area contributed by atoms with Gasteiger partial charge >= 0.3 is 0 Å². The number of anilines is 2. The van der Waals surface area contributed by atoms with Crippen LogP contribution in [0.25, 0.3) is 0 Å². The maximum atomic E-state index is 12.0. The Hall–Kier alpha value is -2.66. The van der Waals surface area contributed by atoms with E-state index in [1.807, 2.05) is 48.5 Å². The molecule has 0 spiro atoms. The number of rotatable bonds is 10. The number of carbonyl (C=O) groups is 2. The molecule has 2 aromatic rings. The van der Waals surface area contributed by atoms with Gasteiger partial charge < -0.3 is 16.0 Å². The molecule has 2 amide bonds. The SMILES string of the molecule is CCCCCC(=O)Nc1cccc(NC(=O)CNCc2ccccc2)c1. The van der Waals surface area contributed by atoms with E-state index in [9.17, 15) is 9.59 Å². The first-order chi connectivity index (χ1) is 12.7. The van der Waals surface area contributed by atoms with E-state index in [-0.39, 0.29) is 18.4 Å². The molecule has 138 valence electrons. The van der Waals surface area contributed by atoms with Crippen LogP contribution in [-0.4, -0.2) is 18.4 Å². The predicted octanol–water partition coefficient (Wildman–Crippen LogP) is 3.93. The number of benzene rings is 2. The number of amides is 2. The van der Waals surface area contributed by atoms with Gasteiger partial charge in [0.1, 0.15) is 0 Å². The zero-order valence-corrected chi connectivity index (χ0v) is 15.3. The summed E-state index contributed by atoms with van der Waals surface area (Å²) in [7, 11) is 0. The highest BCUT2D eigenvalue weighted by atomic mass is 16.2. The highest BCUT2D eigenvalue weighted by Gasteiger charge is 2.05. The van der Waals surface area contributed by atoms with Crippen molar-refractivity contribution in [3.63, 3.8) is 0 Å². The highest BCUT2D eigenvalue weighted by molar-refractivity contribution is 5.94. The Morgan fingerprint density at radius 1 is 0.846 bits per heavy atom. The summed E-state index contributed by atoms with van der Waals surface area (Å²) in [6.07, 6.45) is 3.56. The average Bonchev–Trinajstić information content (AvgIpc) is 2.63.